The molecule has 66 valence electrons. The number of benzene rings is 1. The molecule has 0 saturated heterocycles. The van der Waals surface area contributed by atoms with Gasteiger partial charge in [-0.2, -0.15) is 5.48 Å². The standard InChI is InChI=1S/C10H15NO/c1-3-10(11-12)9-6-4-8(2)5-7-9/h4-7,10-12H,3H2,1-2H3. The van der Waals surface area contributed by atoms with E-state index in [1.807, 2.05) is 19.1 Å². The van der Waals surface area contributed by atoms with E-state index < -0.39 is 0 Å². The zero-order chi connectivity index (χ0) is 8.97. The lowest BCUT2D eigenvalue weighted by Crippen LogP contribution is -2.15. The molecule has 0 radical (unpaired) electrons. The molecule has 1 aromatic carbocycles. The SMILES string of the molecule is CCC(NO)c1ccc(C)cc1. The number of aryl methyl sites for hydroxylation is 1. The van der Waals surface area contributed by atoms with Gasteiger partial charge in [-0.15, -0.1) is 0 Å². The quantitative estimate of drug-likeness (QED) is 0.674. The van der Waals surface area contributed by atoms with Crippen LogP contribution in [0.3, 0.4) is 0 Å². The van der Waals surface area contributed by atoms with Gasteiger partial charge in [-0.1, -0.05) is 36.8 Å². The van der Waals surface area contributed by atoms with E-state index in [1.165, 1.54) is 5.56 Å². The van der Waals surface area contributed by atoms with Crippen LogP contribution in [-0.4, -0.2) is 5.21 Å². The molecule has 0 heterocycles. The van der Waals surface area contributed by atoms with Crippen LogP contribution in [0.1, 0.15) is 30.5 Å². The Balaban J connectivity index is 2.80. The molecular formula is C10H15NO. The Morgan fingerprint density at radius 3 is 2.33 bits per heavy atom. The summed E-state index contributed by atoms with van der Waals surface area (Å²) in [5.74, 6) is 0. The molecule has 0 amide bonds. The lowest BCUT2D eigenvalue weighted by molar-refractivity contribution is 0.124. The minimum absolute atomic E-state index is 0.0607. The van der Waals surface area contributed by atoms with Crippen LogP contribution in [0.2, 0.25) is 0 Å². The fourth-order valence-electron chi connectivity index (χ4n) is 1.20. The molecule has 0 bridgehead atoms. The third-order valence-corrected chi connectivity index (χ3v) is 2.04. The van der Waals surface area contributed by atoms with Gasteiger partial charge in [0.2, 0.25) is 0 Å². The maximum absolute atomic E-state index is 8.80. The number of nitrogens with one attached hydrogen (secondary N) is 1. The first-order chi connectivity index (χ1) is 5.77. The van der Waals surface area contributed by atoms with Gasteiger partial charge in [0, 0.05) is 0 Å². The minimum atomic E-state index is 0.0607. The van der Waals surface area contributed by atoms with Gasteiger partial charge in [0.1, 0.15) is 0 Å². The summed E-state index contributed by atoms with van der Waals surface area (Å²) in [5.41, 5.74) is 4.66. The lowest BCUT2D eigenvalue weighted by atomic mass is 10.0. The largest absolute Gasteiger partial charge is 0.316 e. The van der Waals surface area contributed by atoms with E-state index in [0.29, 0.717) is 0 Å². The molecule has 0 aromatic heterocycles. The first-order valence-corrected chi connectivity index (χ1v) is 4.24. The molecule has 1 aromatic rings. The monoisotopic (exact) mass is 165 g/mol. The fraction of sp³-hybridized carbons (Fsp3) is 0.400. The highest BCUT2D eigenvalue weighted by molar-refractivity contribution is 5.23. The molecule has 0 spiro atoms. The lowest BCUT2D eigenvalue weighted by Gasteiger charge is -2.12. The fourth-order valence-corrected chi connectivity index (χ4v) is 1.20. The molecule has 2 nitrogen and oxygen atoms in total. The highest BCUT2D eigenvalue weighted by Gasteiger charge is 2.05. The van der Waals surface area contributed by atoms with Gasteiger partial charge >= 0.3 is 0 Å². The molecule has 2 N–H and O–H groups in total. The molecule has 1 unspecified atom stereocenters. The molecule has 0 aliphatic rings. The van der Waals surface area contributed by atoms with Crippen LogP contribution in [-0.2, 0) is 0 Å². The Bertz CT molecular complexity index is 226. The predicted octanol–water partition coefficient (Wildman–Crippen LogP) is 2.42. The van der Waals surface area contributed by atoms with Crippen molar-refractivity contribution < 1.29 is 5.21 Å². The van der Waals surface area contributed by atoms with Gasteiger partial charge in [-0.3, -0.25) is 0 Å². The Labute approximate surface area is 73.2 Å². The van der Waals surface area contributed by atoms with E-state index in [1.54, 1.807) is 0 Å². The molecule has 0 saturated carbocycles. The van der Waals surface area contributed by atoms with Crippen LogP contribution in [0.4, 0.5) is 0 Å². The van der Waals surface area contributed by atoms with Crippen molar-refractivity contribution in [2.75, 3.05) is 0 Å². The van der Waals surface area contributed by atoms with E-state index >= 15 is 0 Å². The summed E-state index contributed by atoms with van der Waals surface area (Å²) in [6.45, 7) is 4.09. The van der Waals surface area contributed by atoms with E-state index in [9.17, 15) is 0 Å². The maximum Gasteiger partial charge on any atom is 0.0566 e. The van der Waals surface area contributed by atoms with Crippen LogP contribution >= 0.6 is 0 Å². The molecule has 1 rings (SSSR count). The molecule has 0 aliphatic heterocycles. The summed E-state index contributed by atoms with van der Waals surface area (Å²) in [5, 5.41) is 8.80. The zero-order valence-electron chi connectivity index (χ0n) is 7.54. The van der Waals surface area contributed by atoms with Crippen LogP contribution < -0.4 is 5.48 Å². The third-order valence-electron chi connectivity index (χ3n) is 2.04. The van der Waals surface area contributed by atoms with Crippen molar-refractivity contribution in [3.8, 4) is 0 Å². The maximum atomic E-state index is 8.80. The van der Waals surface area contributed by atoms with Gasteiger partial charge in [0.15, 0.2) is 0 Å². The Hall–Kier alpha value is -0.860. The smallest absolute Gasteiger partial charge is 0.0566 e. The van der Waals surface area contributed by atoms with Gasteiger partial charge in [-0.25, -0.2) is 0 Å². The molecule has 2 heteroatoms. The minimum Gasteiger partial charge on any atom is -0.316 e. The van der Waals surface area contributed by atoms with Crippen molar-refractivity contribution in [3.05, 3.63) is 35.4 Å². The second-order valence-electron chi connectivity index (χ2n) is 3.00. The zero-order valence-corrected chi connectivity index (χ0v) is 7.54. The summed E-state index contributed by atoms with van der Waals surface area (Å²) in [6.07, 6.45) is 0.888. The second kappa shape index (κ2) is 4.24. The second-order valence-corrected chi connectivity index (χ2v) is 3.00. The highest BCUT2D eigenvalue weighted by Crippen LogP contribution is 2.15. The van der Waals surface area contributed by atoms with Crippen LogP contribution in [0.25, 0.3) is 0 Å². The van der Waals surface area contributed by atoms with E-state index in [0.717, 1.165) is 12.0 Å². The van der Waals surface area contributed by atoms with Crippen molar-refractivity contribution in [2.24, 2.45) is 0 Å². The van der Waals surface area contributed by atoms with Crippen molar-refractivity contribution in [1.82, 2.24) is 5.48 Å². The topological polar surface area (TPSA) is 32.3 Å². The summed E-state index contributed by atoms with van der Waals surface area (Å²) < 4.78 is 0. The van der Waals surface area contributed by atoms with Gasteiger partial charge < -0.3 is 5.21 Å². The van der Waals surface area contributed by atoms with Crippen molar-refractivity contribution >= 4 is 0 Å². The predicted molar refractivity (Wildman–Crippen MR) is 49.1 cm³/mol. The highest BCUT2D eigenvalue weighted by atomic mass is 16.5. The molecule has 1 atom stereocenters. The van der Waals surface area contributed by atoms with E-state index in [2.05, 4.69) is 24.5 Å². The van der Waals surface area contributed by atoms with Crippen LogP contribution in [0.15, 0.2) is 24.3 Å². The van der Waals surface area contributed by atoms with E-state index in [-0.39, 0.29) is 6.04 Å². The van der Waals surface area contributed by atoms with Crippen LogP contribution in [0.5, 0.6) is 0 Å². The Morgan fingerprint density at radius 2 is 1.92 bits per heavy atom. The average Bonchev–Trinajstić information content (AvgIpc) is 2.10. The number of hydroxylamine groups is 1. The molecule has 0 aliphatic carbocycles. The molecular weight excluding hydrogens is 150 g/mol. The Morgan fingerprint density at radius 1 is 1.33 bits per heavy atom. The molecule has 12 heavy (non-hydrogen) atoms. The van der Waals surface area contributed by atoms with Crippen molar-refractivity contribution in [1.29, 1.82) is 0 Å². The van der Waals surface area contributed by atoms with Gasteiger partial charge in [-0.05, 0) is 18.9 Å². The first kappa shape index (κ1) is 9.23. The van der Waals surface area contributed by atoms with Gasteiger partial charge in [0.25, 0.3) is 0 Å². The van der Waals surface area contributed by atoms with Crippen molar-refractivity contribution in [2.45, 2.75) is 26.3 Å². The normalized spacial score (nSPS) is 12.9. The summed E-state index contributed by atoms with van der Waals surface area (Å²) in [6, 6.07) is 8.23. The van der Waals surface area contributed by atoms with Crippen LogP contribution in [0, 0.1) is 6.92 Å². The van der Waals surface area contributed by atoms with Crippen molar-refractivity contribution in [3.63, 3.8) is 0 Å². The third kappa shape index (κ3) is 2.06. The summed E-state index contributed by atoms with van der Waals surface area (Å²) in [4.78, 5) is 0. The van der Waals surface area contributed by atoms with Gasteiger partial charge in [0.05, 0.1) is 6.04 Å². The number of rotatable bonds is 3. The number of hydrogen-bond acceptors (Lipinski definition) is 2. The first-order valence-electron chi connectivity index (χ1n) is 4.24. The van der Waals surface area contributed by atoms with E-state index in [4.69, 9.17) is 5.21 Å². The number of hydrogen-bond donors (Lipinski definition) is 2. The molecule has 0 fully saturated rings. The average molecular weight is 165 g/mol. The summed E-state index contributed by atoms with van der Waals surface area (Å²) >= 11 is 0. The Kier molecular flexibility index (Phi) is 3.26. The summed E-state index contributed by atoms with van der Waals surface area (Å²) in [7, 11) is 0.